The van der Waals surface area contributed by atoms with E-state index in [4.69, 9.17) is 0 Å². The van der Waals surface area contributed by atoms with Gasteiger partial charge in [-0.15, -0.1) is 0 Å². The Morgan fingerprint density at radius 3 is 2.79 bits per heavy atom. The highest BCUT2D eigenvalue weighted by molar-refractivity contribution is 5.62. The number of hydrogen-bond acceptors (Lipinski definition) is 2. The summed E-state index contributed by atoms with van der Waals surface area (Å²) in [5.74, 6) is 0. The number of benzene rings is 1. The fourth-order valence-corrected chi connectivity index (χ4v) is 1.98. The monoisotopic (exact) mass is 252 g/mol. The van der Waals surface area contributed by atoms with Gasteiger partial charge in [0.05, 0.1) is 0 Å². The van der Waals surface area contributed by atoms with Crippen LogP contribution < -0.4 is 5.32 Å². The van der Waals surface area contributed by atoms with Crippen LogP contribution in [0.1, 0.15) is 23.6 Å². The molecule has 0 saturated carbocycles. The van der Waals surface area contributed by atoms with Crippen molar-refractivity contribution in [2.24, 2.45) is 0 Å². The summed E-state index contributed by atoms with van der Waals surface area (Å²) in [5.41, 5.74) is 4.74. The van der Waals surface area contributed by atoms with Crippen LogP contribution in [-0.2, 0) is 12.8 Å². The first-order valence-electron chi connectivity index (χ1n) is 6.70. The summed E-state index contributed by atoms with van der Waals surface area (Å²) in [6.07, 6.45) is 5.71. The molecule has 1 N–H and O–H groups in total. The third-order valence-electron chi connectivity index (χ3n) is 3.16. The molecule has 98 valence electrons. The Bertz CT molecular complexity index is 532. The minimum Gasteiger partial charge on any atom is -0.385 e. The smallest absolute Gasteiger partial charge is 0.0340 e. The molecule has 1 heterocycles. The molecule has 0 aliphatic carbocycles. The van der Waals surface area contributed by atoms with E-state index in [1.54, 1.807) is 6.20 Å². The van der Waals surface area contributed by atoms with Gasteiger partial charge in [-0.1, -0.05) is 37.8 Å². The zero-order chi connectivity index (χ0) is 13.5. The first kappa shape index (κ1) is 13.3. The molecule has 0 radical (unpaired) electrons. The van der Waals surface area contributed by atoms with Crippen LogP contribution in [0.5, 0.6) is 0 Å². The van der Waals surface area contributed by atoms with Gasteiger partial charge in [0.1, 0.15) is 0 Å². The van der Waals surface area contributed by atoms with E-state index in [1.807, 2.05) is 12.3 Å². The summed E-state index contributed by atoms with van der Waals surface area (Å²) in [5, 5.41) is 3.38. The van der Waals surface area contributed by atoms with Crippen molar-refractivity contribution in [3.8, 4) is 0 Å². The van der Waals surface area contributed by atoms with E-state index in [0.717, 1.165) is 25.1 Å². The largest absolute Gasteiger partial charge is 0.385 e. The molecule has 0 spiro atoms. The summed E-state index contributed by atoms with van der Waals surface area (Å²) in [6, 6.07) is 12.6. The van der Waals surface area contributed by atoms with Crippen LogP contribution in [0.4, 0.5) is 0 Å². The second-order valence-corrected chi connectivity index (χ2v) is 4.57. The minimum atomic E-state index is 0.876. The average molecular weight is 252 g/mol. The number of nitrogens with one attached hydrogen (secondary N) is 1. The summed E-state index contributed by atoms with van der Waals surface area (Å²) in [4.78, 5) is 4.11. The number of rotatable bonds is 6. The highest BCUT2D eigenvalue weighted by Crippen LogP contribution is 2.12. The Morgan fingerprint density at radius 2 is 2.05 bits per heavy atom. The van der Waals surface area contributed by atoms with Gasteiger partial charge in [0, 0.05) is 24.6 Å². The number of pyridine rings is 1. The van der Waals surface area contributed by atoms with Crippen molar-refractivity contribution in [1.82, 2.24) is 10.3 Å². The maximum Gasteiger partial charge on any atom is 0.0340 e. The summed E-state index contributed by atoms with van der Waals surface area (Å²) >= 11 is 0. The van der Waals surface area contributed by atoms with Gasteiger partial charge < -0.3 is 5.32 Å². The fourth-order valence-electron chi connectivity index (χ4n) is 1.98. The van der Waals surface area contributed by atoms with E-state index in [2.05, 4.69) is 54.1 Å². The molecule has 0 unspecified atom stereocenters. The van der Waals surface area contributed by atoms with E-state index >= 15 is 0 Å². The first-order chi connectivity index (χ1) is 9.29. The van der Waals surface area contributed by atoms with Crippen molar-refractivity contribution in [2.45, 2.75) is 19.8 Å². The molecule has 0 aliphatic heterocycles. The van der Waals surface area contributed by atoms with Crippen LogP contribution in [-0.4, -0.2) is 11.5 Å². The third-order valence-corrected chi connectivity index (χ3v) is 3.16. The van der Waals surface area contributed by atoms with Gasteiger partial charge in [-0.05, 0) is 41.7 Å². The molecule has 0 bridgehead atoms. The van der Waals surface area contributed by atoms with Crippen molar-refractivity contribution in [3.63, 3.8) is 0 Å². The van der Waals surface area contributed by atoms with E-state index < -0.39 is 0 Å². The lowest BCUT2D eigenvalue weighted by molar-refractivity contribution is 0.845. The quantitative estimate of drug-likeness (QED) is 0.851. The number of nitrogens with zero attached hydrogens (tertiary/aromatic N) is 1. The predicted molar refractivity (Wildman–Crippen MR) is 80.8 cm³/mol. The van der Waals surface area contributed by atoms with Crippen LogP contribution in [0, 0.1) is 0 Å². The Kier molecular flexibility index (Phi) is 4.73. The first-order valence-corrected chi connectivity index (χ1v) is 6.70. The van der Waals surface area contributed by atoms with Gasteiger partial charge in [0.2, 0.25) is 0 Å². The molecule has 2 rings (SSSR count). The second-order valence-electron chi connectivity index (χ2n) is 4.57. The molecule has 2 nitrogen and oxygen atoms in total. The van der Waals surface area contributed by atoms with Crippen molar-refractivity contribution < 1.29 is 0 Å². The van der Waals surface area contributed by atoms with Gasteiger partial charge in [-0.3, -0.25) is 4.98 Å². The molecule has 2 heteroatoms. The van der Waals surface area contributed by atoms with E-state index in [0.29, 0.717) is 0 Å². The molecule has 0 saturated heterocycles. The van der Waals surface area contributed by atoms with Crippen molar-refractivity contribution in [1.29, 1.82) is 0 Å². The highest BCUT2D eigenvalue weighted by Gasteiger charge is 1.99. The Hall–Kier alpha value is -2.09. The van der Waals surface area contributed by atoms with Crippen molar-refractivity contribution in [2.75, 3.05) is 6.54 Å². The molecule has 0 aliphatic rings. The molecule has 1 aromatic heterocycles. The van der Waals surface area contributed by atoms with Crippen LogP contribution in [0.15, 0.2) is 55.4 Å². The lowest BCUT2D eigenvalue weighted by Crippen LogP contribution is -2.15. The normalized spacial score (nSPS) is 10.2. The van der Waals surface area contributed by atoms with Gasteiger partial charge in [0.25, 0.3) is 0 Å². The second kappa shape index (κ2) is 6.74. The van der Waals surface area contributed by atoms with Crippen LogP contribution in [0.2, 0.25) is 0 Å². The lowest BCUT2D eigenvalue weighted by atomic mass is 10.1. The minimum absolute atomic E-state index is 0.876. The lowest BCUT2D eigenvalue weighted by Gasteiger charge is -2.10. The number of aromatic nitrogens is 1. The summed E-state index contributed by atoms with van der Waals surface area (Å²) in [6.45, 7) is 7.15. The number of hydrogen-bond donors (Lipinski definition) is 1. The molecule has 2 aromatic rings. The van der Waals surface area contributed by atoms with E-state index in [1.165, 1.54) is 16.7 Å². The topological polar surface area (TPSA) is 24.9 Å². The van der Waals surface area contributed by atoms with Crippen LogP contribution >= 0.6 is 0 Å². The third kappa shape index (κ3) is 3.95. The maximum atomic E-state index is 4.11. The van der Waals surface area contributed by atoms with Gasteiger partial charge >= 0.3 is 0 Å². The van der Waals surface area contributed by atoms with Gasteiger partial charge in [-0.2, -0.15) is 0 Å². The van der Waals surface area contributed by atoms with Crippen molar-refractivity contribution >= 4 is 5.70 Å². The predicted octanol–water partition coefficient (Wildman–Crippen LogP) is 3.45. The number of aryl methyl sites for hydroxylation is 1. The molecular weight excluding hydrogens is 232 g/mol. The van der Waals surface area contributed by atoms with Gasteiger partial charge in [-0.25, -0.2) is 0 Å². The molecule has 0 atom stereocenters. The zero-order valence-corrected chi connectivity index (χ0v) is 11.4. The highest BCUT2D eigenvalue weighted by atomic mass is 14.9. The zero-order valence-electron chi connectivity index (χ0n) is 11.4. The molecule has 0 amide bonds. The molecule has 0 fully saturated rings. The SMILES string of the molecule is C=C(NCCc1cccnc1)c1cccc(CC)c1. The maximum absolute atomic E-state index is 4.11. The Labute approximate surface area is 115 Å². The van der Waals surface area contributed by atoms with Crippen molar-refractivity contribution in [3.05, 3.63) is 72.1 Å². The molecular formula is C17H20N2. The Morgan fingerprint density at radius 1 is 1.21 bits per heavy atom. The van der Waals surface area contributed by atoms with E-state index in [-0.39, 0.29) is 0 Å². The van der Waals surface area contributed by atoms with E-state index in [9.17, 15) is 0 Å². The van der Waals surface area contributed by atoms with Gasteiger partial charge in [0.15, 0.2) is 0 Å². The summed E-state index contributed by atoms with van der Waals surface area (Å²) < 4.78 is 0. The Balaban J connectivity index is 1.87. The molecule has 1 aromatic carbocycles. The average Bonchev–Trinajstić information content (AvgIpc) is 2.48. The van der Waals surface area contributed by atoms with Crippen LogP contribution in [0.3, 0.4) is 0 Å². The standard InChI is InChI=1S/C17H20N2/c1-3-15-6-4-8-17(12-15)14(2)19-11-9-16-7-5-10-18-13-16/h4-8,10,12-13,19H,2-3,9,11H2,1H3. The van der Waals surface area contributed by atoms with Crippen LogP contribution in [0.25, 0.3) is 5.70 Å². The fraction of sp³-hybridized carbons (Fsp3) is 0.235. The molecule has 19 heavy (non-hydrogen) atoms. The summed E-state index contributed by atoms with van der Waals surface area (Å²) in [7, 11) is 0.